The first-order chi connectivity index (χ1) is 39.8. The summed E-state index contributed by atoms with van der Waals surface area (Å²) in [5, 5.41) is 15.3. The van der Waals surface area contributed by atoms with Gasteiger partial charge in [-0.3, -0.25) is 0 Å². The highest BCUT2D eigenvalue weighted by atomic mass is 15.1. The molecule has 0 unspecified atom stereocenters. The number of fused-ring (bicyclic) bond motifs is 3. The van der Waals surface area contributed by atoms with Crippen molar-refractivity contribution in [2.45, 2.75) is 0 Å². The zero-order valence-corrected chi connectivity index (χ0v) is 44.1. The number of nitrogens with zero attached hydrogens (tertiary/aromatic N) is 2. The SMILES string of the molecule is [2H][B].[B].c1ccc(-c2ccc(-c3c4ccccc4c(-c4ccccc4)c4ccccc34)c3ccccc23)cc1.c1ccc(N(c2ccccc2)c2ccc3ccc4c(N(c5ccccc5)c5ccccc5)ccc5ccc2c3c54)cc1. The third-order valence-corrected chi connectivity index (χ3v) is 15.4. The summed E-state index contributed by atoms with van der Waals surface area (Å²) in [5.41, 5.74) is 14.5. The summed E-state index contributed by atoms with van der Waals surface area (Å²) in [4.78, 5) is 4.74. The molecule has 15 aromatic rings. The van der Waals surface area contributed by atoms with Crippen LogP contribution in [0.25, 0.3) is 98.0 Å². The average molecular weight is 1020 g/mol. The van der Waals surface area contributed by atoms with Gasteiger partial charge in [0, 0.05) is 50.3 Å². The van der Waals surface area contributed by atoms with E-state index >= 15 is 0 Å². The Bertz CT molecular complexity index is 4310. The van der Waals surface area contributed by atoms with Gasteiger partial charge in [0.2, 0.25) is 0 Å². The van der Waals surface area contributed by atoms with Gasteiger partial charge < -0.3 is 9.80 Å². The first-order valence-electron chi connectivity index (χ1n) is 27.4. The van der Waals surface area contributed by atoms with Gasteiger partial charge in [-0.1, -0.05) is 255 Å². The molecule has 80 heavy (non-hydrogen) atoms. The molecular weight excluding hydrogens is 962 g/mol. The predicted molar refractivity (Wildman–Crippen MR) is 348 cm³/mol. The van der Waals surface area contributed by atoms with Crippen LogP contribution in [0, 0.1) is 0 Å². The molecule has 0 aliphatic heterocycles. The monoisotopic (exact) mass is 1020 g/mol. The second-order valence-electron chi connectivity index (χ2n) is 19.9. The van der Waals surface area contributed by atoms with E-state index in [9.17, 15) is 0 Å². The maximum atomic E-state index is 5.25. The van der Waals surface area contributed by atoms with E-state index in [0.717, 1.165) is 22.7 Å². The Balaban J connectivity index is 0.000000156. The number of anilines is 6. The molecule has 0 saturated heterocycles. The average Bonchev–Trinajstić information content (AvgIpc) is 3.59. The Morgan fingerprint density at radius 2 is 0.512 bits per heavy atom. The van der Waals surface area contributed by atoms with E-state index in [4.69, 9.17) is 1.34 Å². The molecule has 0 heterocycles. The molecular formula is C76H53B2N2. The Labute approximate surface area is 472 Å². The van der Waals surface area contributed by atoms with Gasteiger partial charge in [0.15, 0.2) is 0 Å². The molecule has 0 spiro atoms. The molecule has 4 heteroatoms. The standard InChI is InChI=1S/C40H28N2.C36H24.BH.B/c1-5-13-31(14-6-1)41(32-15-7-2-8-16-32)37-27-23-29-22-26-36-38(28-24-30-21-25-35(37)39(29)40(30)36)42(33-17-9-3-10-18-33)34-19-11-4-12-20-34;1-3-13-25(14-4-1)27-23-24-34(29-18-8-7-17-28(27)29)36-32-21-11-9-19-30(32)35(26-15-5-2-6-16-26)31-20-10-12-22-33(31)36;;/h1-28H;1-24H;1H;/i;;1D;. The van der Waals surface area contributed by atoms with Crippen molar-refractivity contribution >= 4 is 116 Å². The molecule has 15 rings (SSSR count). The number of para-hydroxylation sites is 4. The highest BCUT2D eigenvalue weighted by Crippen LogP contribution is 2.49. The minimum Gasteiger partial charge on any atom is -0.310 e. The van der Waals surface area contributed by atoms with E-state index in [1.807, 2.05) is 0 Å². The van der Waals surface area contributed by atoms with Gasteiger partial charge in [0.25, 0.3) is 0 Å². The Hall–Kier alpha value is -10.2. The van der Waals surface area contributed by atoms with Crippen molar-refractivity contribution < 1.29 is 0 Å². The molecule has 0 aromatic heterocycles. The quantitative estimate of drug-likeness (QED) is 0.0808. The summed E-state index contributed by atoms with van der Waals surface area (Å²) < 4.78 is 5.25. The third-order valence-electron chi connectivity index (χ3n) is 15.4. The van der Waals surface area contributed by atoms with Crippen LogP contribution >= 0.6 is 0 Å². The first kappa shape index (κ1) is 49.4. The maximum absolute atomic E-state index is 5.25. The van der Waals surface area contributed by atoms with Gasteiger partial charge in [0.05, 0.1) is 11.4 Å². The molecule has 0 aliphatic carbocycles. The lowest BCUT2D eigenvalue weighted by Gasteiger charge is -2.29. The second kappa shape index (κ2) is 22.1. The van der Waals surface area contributed by atoms with Crippen LogP contribution in [-0.4, -0.2) is 18.1 Å². The van der Waals surface area contributed by atoms with Crippen LogP contribution in [0.2, 0.25) is 0 Å². The van der Waals surface area contributed by atoms with Crippen LogP contribution in [0.15, 0.2) is 315 Å². The van der Waals surface area contributed by atoms with Gasteiger partial charge in [-0.15, -0.1) is 0 Å². The maximum Gasteiger partial charge on any atom is 0.0540 e. The first-order valence-corrected chi connectivity index (χ1v) is 26.8. The Morgan fingerprint density at radius 3 is 0.900 bits per heavy atom. The molecule has 0 saturated carbocycles. The summed E-state index contributed by atoms with van der Waals surface area (Å²) in [5.74, 6) is 0. The molecule has 0 bridgehead atoms. The zero-order chi connectivity index (χ0) is 53.8. The van der Waals surface area contributed by atoms with Gasteiger partial charge in [0.1, 0.15) is 0 Å². The minimum absolute atomic E-state index is 0. The smallest absolute Gasteiger partial charge is 0.0540 e. The van der Waals surface area contributed by atoms with Gasteiger partial charge in [-0.2, -0.15) is 0 Å². The van der Waals surface area contributed by atoms with Crippen molar-refractivity contribution in [3.63, 3.8) is 0 Å². The normalized spacial score (nSPS) is 11.1. The van der Waals surface area contributed by atoms with Gasteiger partial charge >= 0.3 is 0 Å². The lowest BCUT2D eigenvalue weighted by Crippen LogP contribution is -2.11. The molecule has 0 fully saturated rings. The predicted octanol–water partition coefficient (Wildman–Crippen LogP) is 20.6. The van der Waals surface area contributed by atoms with Gasteiger partial charge in [-0.05, 0) is 149 Å². The molecule has 2 nitrogen and oxygen atoms in total. The van der Waals surface area contributed by atoms with Crippen molar-refractivity contribution in [2.24, 2.45) is 0 Å². The third kappa shape index (κ3) is 8.97. The molecule has 373 valence electrons. The Morgan fingerprint density at radius 1 is 0.225 bits per heavy atom. The molecule has 0 N–H and O–H groups in total. The number of benzene rings is 15. The lowest BCUT2D eigenvalue weighted by atomic mass is 9.84. The van der Waals surface area contributed by atoms with Crippen LogP contribution in [0.5, 0.6) is 0 Å². The van der Waals surface area contributed by atoms with E-state index < -0.39 is 0 Å². The van der Waals surface area contributed by atoms with Crippen molar-refractivity contribution in [1.29, 1.82) is 1.34 Å². The van der Waals surface area contributed by atoms with Crippen LogP contribution < -0.4 is 9.80 Å². The van der Waals surface area contributed by atoms with Crippen molar-refractivity contribution in [3.05, 3.63) is 315 Å². The Kier molecular flexibility index (Phi) is 13.6. The number of rotatable bonds is 9. The second-order valence-corrected chi connectivity index (χ2v) is 19.9. The zero-order valence-electron chi connectivity index (χ0n) is 45.1. The van der Waals surface area contributed by atoms with Crippen molar-refractivity contribution in [3.8, 4) is 33.4 Å². The van der Waals surface area contributed by atoms with Crippen molar-refractivity contribution in [2.75, 3.05) is 9.80 Å². The summed E-state index contributed by atoms with van der Waals surface area (Å²) in [6.07, 6.45) is 0. The van der Waals surface area contributed by atoms with Crippen molar-refractivity contribution in [1.82, 2.24) is 0 Å². The van der Waals surface area contributed by atoms with Crippen LogP contribution in [0.3, 0.4) is 0 Å². The summed E-state index contributed by atoms with van der Waals surface area (Å²) >= 11 is 0. The number of hydrogen-bond acceptors (Lipinski definition) is 2. The lowest BCUT2D eigenvalue weighted by molar-refractivity contribution is 1.30. The highest BCUT2D eigenvalue weighted by molar-refractivity contribution is 6.28. The topological polar surface area (TPSA) is 6.48 Å². The van der Waals surface area contributed by atoms with E-state index in [-0.39, 0.29) is 8.41 Å². The largest absolute Gasteiger partial charge is 0.310 e. The molecule has 5 radical (unpaired) electrons. The van der Waals surface area contributed by atoms with E-state index in [1.54, 1.807) is 0 Å². The minimum atomic E-state index is 0. The number of hydrogen-bond donors (Lipinski definition) is 0. The van der Waals surface area contributed by atoms with E-state index in [1.165, 1.54) is 109 Å². The van der Waals surface area contributed by atoms with E-state index in [0.29, 0.717) is 0 Å². The molecule has 0 atom stereocenters. The fourth-order valence-electron chi connectivity index (χ4n) is 12.0. The highest BCUT2D eigenvalue weighted by Gasteiger charge is 2.23. The fourth-order valence-corrected chi connectivity index (χ4v) is 12.0. The van der Waals surface area contributed by atoms with E-state index in [2.05, 4.69) is 334 Å². The van der Waals surface area contributed by atoms with Crippen LogP contribution in [-0.2, 0) is 0 Å². The summed E-state index contributed by atoms with van der Waals surface area (Å²) in [7, 11) is 3.75. The van der Waals surface area contributed by atoms with Crippen LogP contribution in [0.1, 0.15) is 0 Å². The summed E-state index contributed by atoms with van der Waals surface area (Å²) in [6.45, 7) is 0. The van der Waals surface area contributed by atoms with Gasteiger partial charge in [-0.25, -0.2) is 0 Å². The molecule has 0 amide bonds. The summed E-state index contributed by atoms with van der Waals surface area (Å²) in [6, 6.07) is 113. The molecule has 0 aliphatic rings. The molecule has 15 aromatic carbocycles. The van der Waals surface area contributed by atoms with Crippen LogP contribution in [0.4, 0.5) is 34.1 Å². The fraction of sp³-hybridized carbons (Fsp3) is 0.